The van der Waals surface area contributed by atoms with E-state index in [1.165, 1.54) is 32.0 Å². The van der Waals surface area contributed by atoms with E-state index in [0.717, 1.165) is 4.57 Å². The lowest BCUT2D eigenvalue weighted by atomic mass is 10.0. The molecule has 0 spiro atoms. The quantitative estimate of drug-likeness (QED) is 0.402. The van der Waals surface area contributed by atoms with Crippen LogP contribution in [0.1, 0.15) is 20.7 Å². The Balaban J connectivity index is 1.69. The zero-order valence-electron chi connectivity index (χ0n) is 19.6. The minimum Gasteiger partial charge on any atom is -0.480 e. The number of hydrogen-bond acceptors (Lipinski definition) is 6. The maximum atomic E-state index is 12.8. The van der Waals surface area contributed by atoms with E-state index in [2.05, 4.69) is 10.3 Å². The molecule has 9 nitrogen and oxygen atoms in total. The van der Waals surface area contributed by atoms with Gasteiger partial charge in [0.05, 0.1) is 23.4 Å². The lowest BCUT2D eigenvalue weighted by molar-refractivity contribution is 0.102. The monoisotopic (exact) mass is 504 g/mol. The maximum Gasteiger partial charge on any atom is 0.330 e. The van der Waals surface area contributed by atoms with Crippen molar-refractivity contribution in [3.63, 3.8) is 0 Å². The number of aryl methyl sites for hydroxylation is 1. The summed E-state index contributed by atoms with van der Waals surface area (Å²) in [4.78, 5) is 52.7. The third-order valence-corrected chi connectivity index (χ3v) is 6.01. The summed E-state index contributed by atoms with van der Waals surface area (Å²) in [6.07, 6.45) is 1.87. The lowest BCUT2D eigenvalue weighted by Gasteiger charge is -2.13. The van der Waals surface area contributed by atoms with E-state index < -0.39 is 17.2 Å². The first-order valence-electron chi connectivity index (χ1n) is 10.7. The number of aldehydes is 1. The molecular weight excluding hydrogens is 484 g/mol. The number of rotatable bonds is 6. The molecular formula is C26H21ClN4O5. The largest absolute Gasteiger partial charge is 0.480 e. The van der Waals surface area contributed by atoms with Gasteiger partial charge in [0.1, 0.15) is 5.56 Å². The first-order chi connectivity index (χ1) is 17.2. The van der Waals surface area contributed by atoms with Crippen LogP contribution in [0.2, 0.25) is 5.02 Å². The molecule has 0 aliphatic rings. The Morgan fingerprint density at radius 3 is 2.50 bits per heavy atom. The summed E-state index contributed by atoms with van der Waals surface area (Å²) in [7, 11) is 4.21. The molecule has 0 bridgehead atoms. The predicted molar refractivity (Wildman–Crippen MR) is 137 cm³/mol. The third-order valence-electron chi connectivity index (χ3n) is 5.61. The molecule has 4 rings (SSSR count). The van der Waals surface area contributed by atoms with E-state index in [4.69, 9.17) is 16.3 Å². The normalized spacial score (nSPS) is 10.7. The van der Waals surface area contributed by atoms with Crippen molar-refractivity contribution in [2.75, 3.05) is 12.4 Å². The van der Waals surface area contributed by atoms with Crippen LogP contribution in [0, 0.1) is 0 Å². The van der Waals surface area contributed by atoms with Crippen molar-refractivity contribution < 1.29 is 14.3 Å². The number of carbonyl (C=O) groups excluding carboxylic acids is 2. The molecule has 4 aromatic rings. The van der Waals surface area contributed by atoms with Gasteiger partial charge in [-0.15, -0.1) is 0 Å². The summed E-state index contributed by atoms with van der Waals surface area (Å²) in [5, 5.41) is 3.12. The van der Waals surface area contributed by atoms with E-state index in [9.17, 15) is 19.2 Å². The van der Waals surface area contributed by atoms with Crippen LogP contribution < -0.4 is 21.3 Å². The summed E-state index contributed by atoms with van der Waals surface area (Å²) < 4.78 is 7.25. The highest BCUT2D eigenvalue weighted by atomic mass is 35.5. The summed E-state index contributed by atoms with van der Waals surface area (Å²) in [6, 6.07) is 15.7. The summed E-state index contributed by atoms with van der Waals surface area (Å²) >= 11 is 6.76. The Bertz CT molecular complexity index is 1620. The maximum absolute atomic E-state index is 12.8. The first kappa shape index (κ1) is 24.6. The second-order valence-electron chi connectivity index (χ2n) is 7.92. The number of ether oxygens (including phenoxy) is 1. The van der Waals surface area contributed by atoms with Gasteiger partial charge in [-0.2, -0.15) is 0 Å². The standard InChI is InChI=1S/C26H21ClN4O5/c1-30-13-20(25(34)31(2)26(30)35)23(33)28-17-7-4-6-15(12-17)18-8-5-9-19(22(18)27)21-11-10-16(14-32)24(29-21)36-3/h4-14H,1-3H3,(H,28,33). The van der Waals surface area contributed by atoms with Gasteiger partial charge in [0.2, 0.25) is 5.88 Å². The van der Waals surface area contributed by atoms with Gasteiger partial charge < -0.3 is 14.6 Å². The number of aromatic nitrogens is 3. The average molecular weight is 505 g/mol. The van der Waals surface area contributed by atoms with Crippen LogP contribution in [0.4, 0.5) is 5.69 Å². The van der Waals surface area contributed by atoms with E-state index in [-0.39, 0.29) is 11.4 Å². The molecule has 10 heteroatoms. The number of methoxy groups -OCH3 is 1. The highest BCUT2D eigenvalue weighted by Gasteiger charge is 2.17. The average Bonchev–Trinajstić information content (AvgIpc) is 2.89. The Morgan fingerprint density at radius 2 is 1.78 bits per heavy atom. The molecule has 0 atom stereocenters. The minimum atomic E-state index is -0.689. The first-order valence-corrected chi connectivity index (χ1v) is 11.1. The predicted octanol–water partition coefficient (Wildman–Crippen LogP) is 3.54. The summed E-state index contributed by atoms with van der Waals surface area (Å²) in [5.74, 6) is -0.451. The third kappa shape index (κ3) is 4.56. The Labute approximate surface area is 210 Å². The van der Waals surface area contributed by atoms with E-state index in [0.29, 0.717) is 44.9 Å². The van der Waals surface area contributed by atoms with Gasteiger partial charge in [0.15, 0.2) is 6.29 Å². The van der Waals surface area contributed by atoms with Crippen LogP contribution in [0.5, 0.6) is 5.88 Å². The number of anilines is 1. The van der Waals surface area contributed by atoms with Crippen LogP contribution in [-0.2, 0) is 14.1 Å². The fourth-order valence-electron chi connectivity index (χ4n) is 3.73. The smallest absolute Gasteiger partial charge is 0.330 e. The number of amides is 1. The fraction of sp³-hybridized carbons (Fsp3) is 0.115. The van der Waals surface area contributed by atoms with Gasteiger partial charge in [-0.25, -0.2) is 9.78 Å². The molecule has 0 aliphatic carbocycles. The summed E-state index contributed by atoms with van der Waals surface area (Å²) in [6.45, 7) is 0. The van der Waals surface area contributed by atoms with Gasteiger partial charge >= 0.3 is 5.69 Å². The Kier molecular flexibility index (Phi) is 6.84. The molecule has 2 aromatic heterocycles. The van der Waals surface area contributed by atoms with Crippen molar-refractivity contribution in [3.8, 4) is 28.3 Å². The molecule has 2 heterocycles. The second kappa shape index (κ2) is 10.0. The van der Waals surface area contributed by atoms with Crippen molar-refractivity contribution in [2.24, 2.45) is 14.1 Å². The molecule has 0 saturated carbocycles. The number of pyridine rings is 1. The van der Waals surface area contributed by atoms with Crippen molar-refractivity contribution in [1.82, 2.24) is 14.1 Å². The zero-order chi connectivity index (χ0) is 26.0. The van der Waals surface area contributed by atoms with Crippen molar-refractivity contribution in [3.05, 3.63) is 97.8 Å². The van der Waals surface area contributed by atoms with Crippen LogP contribution in [0.3, 0.4) is 0 Å². The molecule has 2 aromatic carbocycles. The van der Waals surface area contributed by atoms with E-state index in [1.54, 1.807) is 36.4 Å². The van der Waals surface area contributed by atoms with Gasteiger partial charge in [0.25, 0.3) is 11.5 Å². The summed E-state index contributed by atoms with van der Waals surface area (Å²) in [5.41, 5.74) is 1.94. The zero-order valence-corrected chi connectivity index (χ0v) is 20.4. The van der Waals surface area contributed by atoms with Gasteiger partial charge in [-0.3, -0.25) is 19.0 Å². The van der Waals surface area contributed by atoms with E-state index in [1.807, 2.05) is 18.2 Å². The number of carbonyl (C=O) groups is 2. The molecule has 0 unspecified atom stereocenters. The number of benzene rings is 2. The van der Waals surface area contributed by atoms with Crippen molar-refractivity contribution in [2.45, 2.75) is 0 Å². The van der Waals surface area contributed by atoms with Crippen molar-refractivity contribution >= 4 is 29.5 Å². The molecule has 36 heavy (non-hydrogen) atoms. The molecule has 0 radical (unpaired) electrons. The van der Waals surface area contributed by atoms with Crippen LogP contribution in [0.25, 0.3) is 22.4 Å². The lowest BCUT2D eigenvalue weighted by Crippen LogP contribution is -2.40. The highest BCUT2D eigenvalue weighted by molar-refractivity contribution is 6.36. The van der Waals surface area contributed by atoms with Gasteiger partial charge in [-0.1, -0.05) is 41.9 Å². The SMILES string of the molecule is COc1nc(-c2cccc(-c3cccc(NC(=O)c4cn(C)c(=O)n(C)c4=O)c3)c2Cl)ccc1C=O. The minimum absolute atomic E-state index is 0.163. The number of nitrogens with one attached hydrogen (secondary N) is 1. The molecule has 1 amide bonds. The number of halogens is 1. The van der Waals surface area contributed by atoms with E-state index >= 15 is 0 Å². The van der Waals surface area contributed by atoms with Crippen LogP contribution in [0.15, 0.2) is 70.4 Å². The number of nitrogens with zero attached hydrogens (tertiary/aromatic N) is 3. The second-order valence-corrected chi connectivity index (χ2v) is 8.29. The molecule has 1 N–H and O–H groups in total. The highest BCUT2D eigenvalue weighted by Crippen LogP contribution is 2.37. The van der Waals surface area contributed by atoms with Gasteiger partial charge in [-0.05, 0) is 29.8 Å². The Morgan fingerprint density at radius 1 is 1.06 bits per heavy atom. The van der Waals surface area contributed by atoms with Crippen molar-refractivity contribution in [1.29, 1.82) is 0 Å². The Hall–Kier alpha value is -4.50. The fourth-order valence-corrected chi connectivity index (χ4v) is 4.07. The van der Waals surface area contributed by atoms with Crippen LogP contribution in [-0.4, -0.2) is 33.4 Å². The molecule has 0 aliphatic heterocycles. The molecule has 0 saturated heterocycles. The molecule has 182 valence electrons. The number of hydrogen-bond donors (Lipinski definition) is 1. The molecule has 0 fully saturated rings. The topological polar surface area (TPSA) is 112 Å². The van der Waals surface area contributed by atoms with Crippen LogP contribution >= 0.6 is 11.6 Å². The van der Waals surface area contributed by atoms with Gasteiger partial charge in [0, 0.05) is 37.1 Å².